The maximum atomic E-state index is 12.6. The maximum absolute atomic E-state index is 12.6. The number of aromatic amines is 2. The van der Waals surface area contributed by atoms with Gasteiger partial charge in [-0.1, -0.05) is 25.5 Å². The molecule has 1 saturated carbocycles. The second-order valence-corrected chi connectivity index (χ2v) is 9.97. The van der Waals surface area contributed by atoms with Crippen LogP contribution in [0.3, 0.4) is 0 Å². The summed E-state index contributed by atoms with van der Waals surface area (Å²) < 4.78 is 0. The Bertz CT molecular complexity index is 1830. The molecule has 1 aromatic carbocycles. The van der Waals surface area contributed by atoms with Gasteiger partial charge >= 0.3 is 0 Å². The van der Waals surface area contributed by atoms with Crippen molar-refractivity contribution >= 4 is 33.7 Å². The largest absolute Gasteiger partial charge is 0.335 e. The lowest BCUT2D eigenvalue weighted by molar-refractivity contribution is -0.122. The van der Waals surface area contributed by atoms with Crippen LogP contribution in [-0.2, 0) is 11.2 Å². The smallest absolute Gasteiger partial charge is 0.227 e. The van der Waals surface area contributed by atoms with Gasteiger partial charge in [-0.2, -0.15) is 5.10 Å². The van der Waals surface area contributed by atoms with Crippen molar-refractivity contribution in [3.05, 3.63) is 72.8 Å². The molecule has 0 saturated heterocycles. The number of fused-ring (bicyclic) bond motifs is 2. The van der Waals surface area contributed by atoms with E-state index in [9.17, 15) is 4.79 Å². The Labute approximate surface area is 224 Å². The first-order valence-corrected chi connectivity index (χ1v) is 13.2. The molecule has 1 aliphatic rings. The third-order valence-electron chi connectivity index (χ3n) is 7.46. The number of anilines is 1. The lowest BCUT2D eigenvalue weighted by Crippen LogP contribution is -2.28. The Morgan fingerprint density at radius 2 is 1.97 bits per heavy atom. The summed E-state index contributed by atoms with van der Waals surface area (Å²) in [5.41, 5.74) is 8.49. The van der Waals surface area contributed by atoms with Gasteiger partial charge in [0.1, 0.15) is 11.2 Å². The van der Waals surface area contributed by atoms with Crippen molar-refractivity contribution < 1.29 is 4.79 Å². The van der Waals surface area contributed by atoms with E-state index in [0.29, 0.717) is 11.5 Å². The summed E-state index contributed by atoms with van der Waals surface area (Å²) in [6.45, 7) is 2.11. The molecule has 192 valence electrons. The Morgan fingerprint density at radius 1 is 1.05 bits per heavy atom. The van der Waals surface area contributed by atoms with Gasteiger partial charge in [-0.25, -0.2) is 9.97 Å². The highest BCUT2D eigenvalue weighted by atomic mass is 16.1. The summed E-state index contributed by atoms with van der Waals surface area (Å²) in [5.74, 6) is 0.880. The molecule has 9 heteroatoms. The number of amides is 1. The number of carbonyl (C=O) groups is 1. The first kappa shape index (κ1) is 23.2. The van der Waals surface area contributed by atoms with Gasteiger partial charge in [0.15, 0.2) is 11.5 Å². The van der Waals surface area contributed by atoms with Gasteiger partial charge < -0.3 is 10.3 Å². The van der Waals surface area contributed by atoms with Crippen LogP contribution in [0.25, 0.3) is 56.0 Å². The van der Waals surface area contributed by atoms with Crippen LogP contribution >= 0.6 is 0 Å². The standard InChI is InChI=1S/C30H26N8O/c1-2-17-10-19(12-21(11-17)34-30(39)18-6-5-7-18)20-13-22-27(37-38-28(22)33-14-20)29-35-25-16-31-15-23(26(25)36-29)24-8-3-4-9-32-24/h3-4,8-16,18H,2,5-7H2,1H3,(H,34,39)(H,35,36)(H,33,37,38). The minimum atomic E-state index is 0.107. The number of aromatic nitrogens is 7. The molecular weight excluding hydrogens is 488 g/mol. The number of hydrogen-bond acceptors (Lipinski definition) is 6. The van der Waals surface area contributed by atoms with E-state index in [0.717, 1.165) is 81.4 Å². The lowest BCUT2D eigenvalue weighted by atomic mass is 9.85. The topological polar surface area (TPSA) is 125 Å². The monoisotopic (exact) mass is 514 g/mol. The number of H-pyrrole nitrogens is 2. The lowest BCUT2D eigenvalue weighted by Gasteiger charge is -2.24. The quantitative estimate of drug-likeness (QED) is 0.253. The number of imidazole rings is 1. The molecule has 6 aromatic rings. The fraction of sp³-hybridized carbons (Fsp3) is 0.200. The molecular formula is C30H26N8O. The summed E-state index contributed by atoms with van der Waals surface area (Å²) in [7, 11) is 0. The molecule has 1 aliphatic carbocycles. The molecule has 9 nitrogen and oxygen atoms in total. The van der Waals surface area contributed by atoms with Crippen molar-refractivity contribution in [2.24, 2.45) is 5.92 Å². The molecule has 0 radical (unpaired) electrons. The molecule has 3 N–H and O–H groups in total. The molecule has 5 aromatic heterocycles. The first-order valence-electron chi connectivity index (χ1n) is 13.2. The molecule has 5 heterocycles. The van der Waals surface area contributed by atoms with E-state index in [4.69, 9.17) is 4.98 Å². The number of nitrogens with one attached hydrogen (secondary N) is 3. The van der Waals surface area contributed by atoms with Crippen LogP contribution in [0.2, 0.25) is 0 Å². The van der Waals surface area contributed by atoms with Gasteiger partial charge in [0, 0.05) is 41.3 Å². The molecule has 1 fully saturated rings. The minimum absolute atomic E-state index is 0.107. The number of benzene rings is 1. The summed E-state index contributed by atoms with van der Waals surface area (Å²) >= 11 is 0. The van der Waals surface area contributed by atoms with Crippen molar-refractivity contribution in [1.82, 2.24) is 35.1 Å². The first-order chi connectivity index (χ1) is 19.2. The zero-order valence-corrected chi connectivity index (χ0v) is 21.4. The highest BCUT2D eigenvalue weighted by molar-refractivity contribution is 5.97. The van der Waals surface area contributed by atoms with Crippen molar-refractivity contribution in [2.75, 3.05) is 5.32 Å². The van der Waals surface area contributed by atoms with Crippen LogP contribution in [0.1, 0.15) is 31.7 Å². The second-order valence-electron chi connectivity index (χ2n) is 9.97. The van der Waals surface area contributed by atoms with Crippen LogP contribution in [0.5, 0.6) is 0 Å². The van der Waals surface area contributed by atoms with E-state index in [2.05, 4.69) is 60.6 Å². The Balaban J connectivity index is 1.29. The van der Waals surface area contributed by atoms with Gasteiger partial charge in [0.2, 0.25) is 5.91 Å². The predicted octanol–water partition coefficient (Wildman–Crippen LogP) is 5.93. The Morgan fingerprint density at radius 3 is 2.77 bits per heavy atom. The van der Waals surface area contributed by atoms with E-state index in [1.54, 1.807) is 18.6 Å². The predicted molar refractivity (Wildman–Crippen MR) is 151 cm³/mol. The van der Waals surface area contributed by atoms with Crippen LogP contribution in [0, 0.1) is 5.92 Å². The zero-order valence-electron chi connectivity index (χ0n) is 21.4. The van der Waals surface area contributed by atoms with Gasteiger partial charge in [-0.15, -0.1) is 0 Å². The van der Waals surface area contributed by atoms with E-state index in [1.165, 1.54) is 0 Å². The van der Waals surface area contributed by atoms with Crippen LogP contribution in [-0.4, -0.2) is 41.0 Å². The third-order valence-corrected chi connectivity index (χ3v) is 7.46. The summed E-state index contributed by atoms with van der Waals surface area (Å²) in [6.07, 6.45) is 11.0. The average Bonchev–Trinajstić information content (AvgIpc) is 3.56. The van der Waals surface area contributed by atoms with Crippen LogP contribution in [0.4, 0.5) is 5.69 Å². The average molecular weight is 515 g/mol. The molecule has 0 atom stereocenters. The number of nitrogens with zero attached hydrogens (tertiary/aromatic N) is 5. The van der Waals surface area contributed by atoms with E-state index < -0.39 is 0 Å². The fourth-order valence-corrected chi connectivity index (χ4v) is 5.05. The zero-order chi connectivity index (χ0) is 26.3. The molecule has 7 rings (SSSR count). The van der Waals surface area contributed by atoms with Gasteiger partial charge in [0.05, 0.1) is 22.8 Å². The highest BCUT2D eigenvalue weighted by Crippen LogP contribution is 2.33. The van der Waals surface area contributed by atoms with Crippen molar-refractivity contribution in [2.45, 2.75) is 32.6 Å². The molecule has 1 amide bonds. The van der Waals surface area contributed by atoms with E-state index >= 15 is 0 Å². The van der Waals surface area contributed by atoms with Crippen molar-refractivity contribution in [1.29, 1.82) is 0 Å². The number of aryl methyl sites for hydroxylation is 1. The number of rotatable bonds is 6. The van der Waals surface area contributed by atoms with Crippen LogP contribution < -0.4 is 5.32 Å². The summed E-state index contributed by atoms with van der Waals surface area (Å²) in [5, 5.41) is 11.5. The van der Waals surface area contributed by atoms with E-state index in [1.807, 2.05) is 30.5 Å². The summed E-state index contributed by atoms with van der Waals surface area (Å²) in [4.78, 5) is 34.4. The van der Waals surface area contributed by atoms with Crippen molar-refractivity contribution in [3.63, 3.8) is 0 Å². The maximum Gasteiger partial charge on any atom is 0.227 e. The number of hydrogen-bond donors (Lipinski definition) is 3. The van der Waals surface area contributed by atoms with Crippen molar-refractivity contribution in [3.8, 4) is 33.9 Å². The third kappa shape index (κ3) is 4.21. The number of carbonyl (C=O) groups excluding carboxylic acids is 1. The highest BCUT2D eigenvalue weighted by Gasteiger charge is 2.25. The Hall–Kier alpha value is -4.92. The minimum Gasteiger partial charge on any atom is -0.335 e. The van der Waals surface area contributed by atoms with Gasteiger partial charge in [0.25, 0.3) is 0 Å². The molecule has 0 spiro atoms. The molecule has 0 bridgehead atoms. The normalized spacial score (nSPS) is 13.6. The molecule has 0 aliphatic heterocycles. The SMILES string of the molecule is CCc1cc(NC(=O)C2CCC2)cc(-c2cnc3n[nH]c(-c4nc5c(-c6ccccn6)cncc5[nH]4)c3c2)c1. The van der Waals surface area contributed by atoms with Gasteiger partial charge in [-0.3, -0.25) is 19.9 Å². The Kier molecular flexibility index (Phi) is 5.61. The molecule has 0 unspecified atom stereocenters. The molecule has 39 heavy (non-hydrogen) atoms. The second kappa shape index (κ2) is 9.43. The summed E-state index contributed by atoms with van der Waals surface area (Å²) in [6, 6.07) is 14.1. The fourth-order valence-electron chi connectivity index (χ4n) is 5.05. The van der Waals surface area contributed by atoms with E-state index in [-0.39, 0.29) is 11.8 Å². The van der Waals surface area contributed by atoms with Gasteiger partial charge in [-0.05, 0) is 60.7 Å². The number of pyridine rings is 3. The van der Waals surface area contributed by atoms with Crippen LogP contribution in [0.15, 0.2) is 67.3 Å².